The first-order valence-electron chi connectivity index (χ1n) is 16.9. The van der Waals surface area contributed by atoms with Crippen molar-refractivity contribution in [2.24, 2.45) is 0 Å². The van der Waals surface area contributed by atoms with E-state index >= 15 is 0 Å². The zero-order valence-electron chi connectivity index (χ0n) is 29.5. The molecule has 2 N–H and O–H groups in total. The van der Waals surface area contributed by atoms with Crippen LogP contribution in [0.3, 0.4) is 0 Å². The molecule has 50 heavy (non-hydrogen) atoms. The van der Waals surface area contributed by atoms with Crippen molar-refractivity contribution in [3.63, 3.8) is 0 Å². The highest BCUT2D eigenvalue weighted by molar-refractivity contribution is 7.09. The highest BCUT2D eigenvalue weighted by atomic mass is 32.1. The summed E-state index contributed by atoms with van der Waals surface area (Å²) in [5.74, 6) is -0.985. The largest absolute Gasteiger partial charge is 0.445 e. The average Bonchev–Trinajstić information content (AvgIpc) is 3.85. The third-order valence-corrected chi connectivity index (χ3v) is 9.54. The summed E-state index contributed by atoms with van der Waals surface area (Å²) in [4.78, 5) is 65.1. The Morgan fingerprint density at radius 3 is 2.40 bits per heavy atom. The summed E-state index contributed by atoms with van der Waals surface area (Å²) < 4.78 is 11.0. The maximum Gasteiger partial charge on any atom is 0.408 e. The second kappa shape index (κ2) is 15.4. The standard InChI is InChI=1S/C38H45N5O6S/c1-7-9-25-11-13-26(14-12-25)21-38(6,42-36(47)49-37(3,4)5)31(44)22-40-32(45)27-18-28(33-39-15-17-48-33)20-29(19-27)35(46)43-16-8-10-30(43)34-41-24(2)23-50-34/h11-15,17-20,23,30H,7-10,16,21-22H2,1-6H3,(H,40,45)(H,42,47). The predicted molar refractivity (Wildman–Crippen MR) is 191 cm³/mol. The van der Waals surface area contributed by atoms with Gasteiger partial charge >= 0.3 is 6.09 Å². The number of carbonyl (C=O) groups excluding carboxylic acids is 4. The van der Waals surface area contributed by atoms with Crippen molar-refractivity contribution >= 4 is 35.0 Å². The van der Waals surface area contributed by atoms with Gasteiger partial charge in [0.2, 0.25) is 5.89 Å². The minimum absolute atomic E-state index is 0.153. The molecule has 5 rings (SSSR count). The molecule has 0 bridgehead atoms. The van der Waals surface area contributed by atoms with Crippen LogP contribution >= 0.6 is 11.3 Å². The van der Waals surface area contributed by atoms with Crippen molar-refractivity contribution in [2.75, 3.05) is 13.1 Å². The lowest BCUT2D eigenvalue weighted by Gasteiger charge is -2.31. The molecule has 0 spiro atoms. The molecule has 4 aromatic rings. The summed E-state index contributed by atoms with van der Waals surface area (Å²) in [6, 6.07) is 12.5. The van der Waals surface area contributed by atoms with Crippen molar-refractivity contribution < 1.29 is 28.3 Å². The molecule has 1 aliphatic rings. The normalized spacial score (nSPS) is 15.7. The Morgan fingerprint density at radius 1 is 1.04 bits per heavy atom. The van der Waals surface area contributed by atoms with E-state index < -0.39 is 28.9 Å². The minimum Gasteiger partial charge on any atom is -0.445 e. The van der Waals surface area contributed by atoms with Gasteiger partial charge in [0.15, 0.2) is 5.78 Å². The van der Waals surface area contributed by atoms with Gasteiger partial charge in [0.1, 0.15) is 22.4 Å². The van der Waals surface area contributed by atoms with Crippen LogP contribution in [-0.2, 0) is 22.4 Å². The number of thiazole rings is 1. The number of nitrogens with one attached hydrogen (secondary N) is 2. The summed E-state index contributed by atoms with van der Waals surface area (Å²) in [7, 11) is 0. The maximum absolute atomic E-state index is 14.0. The molecule has 0 radical (unpaired) electrons. The zero-order chi connectivity index (χ0) is 36.1. The quantitative estimate of drug-likeness (QED) is 0.163. The van der Waals surface area contributed by atoms with E-state index in [9.17, 15) is 19.2 Å². The predicted octanol–water partition coefficient (Wildman–Crippen LogP) is 6.86. The van der Waals surface area contributed by atoms with Crippen molar-refractivity contribution in [1.82, 2.24) is 25.5 Å². The fourth-order valence-electron chi connectivity index (χ4n) is 6.05. The highest BCUT2D eigenvalue weighted by Crippen LogP contribution is 2.35. The number of Topliss-reactive ketones (excluding diaryl/α,β-unsaturated/α-hetero) is 1. The number of oxazole rings is 1. The van der Waals surface area contributed by atoms with Crippen LogP contribution in [0, 0.1) is 6.92 Å². The molecular formula is C38H45N5O6S. The fraction of sp³-hybridized carbons (Fsp3) is 0.421. The molecule has 2 unspecified atom stereocenters. The molecule has 11 nitrogen and oxygen atoms in total. The van der Waals surface area contributed by atoms with Crippen molar-refractivity contribution in [2.45, 2.75) is 90.8 Å². The van der Waals surface area contributed by atoms with Crippen LogP contribution in [0.15, 0.2) is 64.7 Å². The molecule has 0 saturated carbocycles. The Bertz CT molecular complexity index is 1830. The smallest absolute Gasteiger partial charge is 0.408 e. The van der Waals surface area contributed by atoms with Gasteiger partial charge in [0, 0.05) is 40.7 Å². The maximum atomic E-state index is 14.0. The monoisotopic (exact) mass is 699 g/mol. The Balaban J connectivity index is 1.37. The number of ether oxygens (including phenoxy) is 1. The number of nitrogens with zero attached hydrogens (tertiary/aromatic N) is 3. The van der Waals surface area contributed by atoms with E-state index in [0.29, 0.717) is 17.7 Å². The number of likely N-dealkylation sites (tertiary alicyclic amines) is 1. The van der Waals surface area contributed by atoms with Gasteiger partial charge in [0.05, 0.1) is 18.8 Å². The van der Waals surface area contributed by atoms with Gasteiger partial charge < -0.3 is 24.7 Å². The van der Waals surface area contributed by atoms with E-state index in [0.717, 1.165) is 41.9 Å². The van der Waals surface area contributed by atoms with Gasteiger partial charge in [-0.05, 0) is 83.2 Å². The van der Waals surface area contributed by atoms with E-state index in [1.807, 2.05) is 36.6 Å². The zero-order valence-corrected chi connectivity index (χ0v) is 30.3. The molecule has 264 valence electrons. The number of ketones is 1. The van der Waals surface area contributed by atoms with Gasteiger partial charge in [0.25, 0.3) is 11.8 Å². The number of aromatic nitrogens is 2. The van der Waals surface area contributed by atoms with Crippen LogP contribution in [0.25, 0.3) is 11.5 Å². The molecule has 3 amide bonds. The summed E-state index contributed by atoms with van der Waals surface area (Å²) in [6.07, 6.45) is 5.93. The Morgan fingerprint density at radius 2 is 1.76 bits per heavy atom. The second-order valence-corrected chi connectivity index (χ2v) is 14.8. The summed E-state index contributed by atoms with van der Waals surface area (Å²) in [6.45, 7) is 11.1. The summed E-state index contributed by atoms with van der Waals surface area (Å²) in [5.41, 5.74) is 1.65. The number of rotatable bonds is 12. The van der Waals surface area contributed by atoms with Crippen LogP contribution in [0.2, 0.25) is 0 Å². The SMILES string of the molecule is CCCc1ccc(CC(C)(NC(=O)OC(C)(C)C)C(=O)CNC(=O)c2cc(C(=O)N3CCCC3c3nc(C)cs3)cc(-c3ncco3)c2)cc1. The van der Waals surface area contributed by atoms with Gasteiger partial charge in [-0.1, -0.05) is 37.6 Å². The Kier molecular flexibility index (Phi) is 11.2. The number of hydrogen-bond acceptors (Lipinski definition) is 9. The summed E-state index contributed by atoms with van der Waals surface area (Å²) in [5, 5.41) is 8.34. The number of carbonyl (C=O) groups is 4. The molecule has 3 heterocycles. The number of aryl methyl sites for hydroxylation is 2. The average molecular weight is 700 g/mol. The van der Waals surface area contributed by atoms with Crippen LogP contribution in [0.5, 0.6) is 0 Å². The molecular weight excluding hydrogens is 655 g/mol. The van der Waals surface area contributed by atoms with Crippen LogP contribution in [-0.4, -0.2) is 62.8 Å². The minimum atomic E-state index is -1.40. The van der Waals surface area contributed by atoms with E-state index in [2.05, 4.69) is 27.5 Å². The van der Waals surface area contributed by atoms with Gasteiger partial charge in [-0.2, -0.15) is 0 Å². The van der Waals surface area contributed by atoms with Crippen molar-refractivity contribution in [3.8, 4) is 11.5 Å². The third kappa shape index (κ3) is 9.03. The molecule has 1 saturated heterocycles. The lowest BCUT2D eigenvalue weighted by Crippen LogP contribution is -2.57. The molecule has 1 aliphatic heterocycles. The molecule has 1 fully saturated rings. The van der Waals surface area contributed by atoms with Crippen LogP contribution in [0.4, 0.5) is 4.79 Å². The lowest BCUT2D eigenvalue weighted by atomic mass is 9.87. The first kappa shape index (κ1) is 36.4. The molecule has 12 heteroatoms. The molecule has 2 aromatic carbocycles. The fourth-order valence-corrected chi connectivity index (χ4v) is 6.99. The van der Waals surface area contributed by atoms with E-state index in [-0.39, 0.29) is 36.4 Å². The highest BCUT2D eigenvalue weighted by Gasteiger charge is 2.37. The van der Waals surface area contributed by atoms with Gasteiger partial charge in [-0.3, -0.25) is 14.4 Å². The van der Waals surface area contributed by atoms with E-state index in [1.165, 1.54) is 35.4 Å². The first-order chi connectivity index (χ1) is 23.7. The van der Waals surface area contributed by atoms with Crippen LogP contribution in [0.1, 0.15) is 102 Å². The third-order valence-electron chi connectivity index (χ3n) is 8.48. The number of hydrogen-bond donors (Lipinski definition) is 2. The Hall–Kier alpha value is -4.84. The molecule has 2 aromatic heterocycles. The summed E-state index contributed by atoms with van der Waals surface area (Å²) >= 11 is 1.53. The second-order valence-electron chi connectivity index (χ2n) is 13.9. The molecule has 0 aliphatic carbocycles. The van der Waals surface area contributed by atoms with Crippen molar-refractivity contribution in [1.29, 1.82) is 0 Å². The first-order valence-corrected chi connectivity index (χ1v) is 17.8. The number of alkyl carbamates (subject to hydrolysis) is 1. The Labute approximate surface area is 296 Å². The number of benzene rings is 2. The van der Waals surface area contributed by atoms with E-state index in [4.69, 9.17) is 9.15 Å². The van der Waals surface area contributed by atoms with Gasteiger partial charge in [-0.25, -0.2) is 14.8 Å². The topological polar surface area (TPSA) is 144 Å². The van der Waals surface area contributed by atoms with E-state index in [1.54, 1.807) is 44.7 Å². The molecule has 2 atom stereocenters. The van der Waals surface area contributed by atoms with Crippen molar-refractivity contribution in [3.05, 3.63) is 93.3 Å². The number of amides is 3. The lowest BCUT2D eigenvalue weighted by molar-refractivity contribution is -0.123. The van der Waals surface area contributed by atoms with Gasteiger partial charge in [-0.15, -0.1) is 11.3 Å². The van der Waals surface area contributed by atoms with Crippen LogP contribution < -0.4 is 10.6 Å².